The van der Waals surface area contributed by atoms with Gasteiger partial charge in [0.2, 0.25) is 0 Å². The van der Waals surface area contributed by atoms with Crippen LogP contribution in [-0.2, 0) is 11.2 Å². The average Bonchev–Trinajstić information content (AvgIpc) is 2.62. The topological polar surface area (TPSA) is 49.7 Å². The molecule has 0 radical (unpaired) electrons. The van der Waals surface area contributed by atoms with Crippen LogP contribution in [-0.4, -0.2) is 23.6 Å². The number of rotatable bonds is 5. The van der Waals surface area contributed by atoms with Crippen LogP contribution in [0.1, 0.15) is 29.9 Å². The molecule has 0 aliphatic heterocycles. The third-order valence-electron chi connectivity index (χ3n) is 4.42. The fraction of sp³-hybridized carbons (Fsp3) is 0.238. The van der Waals surface area contributed by atoms with Crippen molar-refractivity contribution in [2.75, 3.05) is 6.54 Å². The van der Waals surface area contributed by atoms with Crippen LogP contribution in [0.4, 0.5) is 0 Å². The average molecular weight is 354 g/mol. The van der Waals surface area contributed by atoms with Crippen molar-refractivity contribution < 1.29 is 9.90 Å². The molecule has 0 spiro atoms. The van der Waals surface area contributed by atoms with Gasteiger partial charge in [-0.05, 0) is 35.6 Å². The van der Waals surface area contributed by atoms with Gasteiger partial charge in [0.05, 0.1) is 5.57 Å². The molecule has 0 fully saturated rings. The zero-order valence-electron chi connectivity index (χ0n) is 13.9. The quantitative estimate of drug-likeness (QED) is 0.776. The van der Waals surface area contributed by atoms with Crippen molar-refractivity contribution in [3.8, 4) is 0 Å². The maximum atomic E-state index is 12.4. The first-order valence-corrected chi connectivity index (χ1v) is 8.76. The van der Waals surface area contributed by atoms with Gasteiger partial charge in [-0.15, -0.1) is 0 Å². The third kappa shape index (κ3) is 4.58. The summed E-state index contributed by atoms with van der Waals surface area (Å²) in [5, 5.41) is 10.9. The molecule has 128 valence electrons. The Labute approximate surface area is 152 Å². The number of carbonyl (C=O) groups is 1. The molecule has 0 amide bonds. The lowest BCUT2D eigenvalue weighted by Gasteiger charge is -2.22. The van der Waals surface area contributed by atoms with E-state index >= 15 is 0 Å². The minimum Gasteiger partial charge on any atom is -0.511 e. The zero-order valence-corrected chi connectivity index (χ0v) is 14.6. The van der Waals surface area contributed by atoms with E-state index in [0.717, 1.165) is 12.0 Å². The Morgan fingerprint density at radius 2 is 1.80 bits per heavy atom. The minimum absolute atomic E-state index is 0.00812. The van der Waals surface area contributed by atoms with Crippen LogP contribution >= 0.6 is 11.6 Å². The van der Waals surface area contributed by atoms with E-state index in [1.807, 2.05) is 42.5 Å². The van der Waals surface area contributed by atoms with Gasteiger partial charge in [-0.3, -0.25) is 9.79 Å². The zero-order chi connectivity index (χ0) is 17.6. The number of aliphatic hydroxyl groups excluding tert-OH is 1. The minimum atomic E-state index is -0.0628. The molecule has 2 aromatic carbocycles. The standard InChI is InChI=1S/C21H20ClNO2/c22-18-8-6-16(7-9-18)17-12-20(24)19(21(25)13-17)14-23-11-10-15-4-2-1-3-5-15/h1-9,14,17,24H,10-13H2. The molecule has 0 heterocycles. The molecule has 25 heavy (non-hydrogen) atoms. The van der Waals surface area contributed by atoms with Gasteiger partial charge < -0.3 is 5.11 Å². The van der Waals surface area contributed by atoms with Crippen molar-refractivity contribution >= 4 is 23.6 Å². The lowest BCUT2D eigenvalue weighted by molar-refractivity contribution is -0.116. The highest BCUT2D eigenvalue weighted by atomic mass is 35.5. The Kier molecular flexibility index (Phi) is 5.67. The Hall–Kier alpha value is -2.39. The number of allylic oxidation sites excluding steroid dienone is 2. The SMILES string of the molecule is O=C1CC(c2ccc(Cl)cc2)CC(O)=C1C=NCCc1ccccc1. The monoisotopic (exact) mass is 353 g/mol. The maximum Gasteiger partial charge on any atom is 0.168 e. The molecule has 1 N–H and O–H groups in total. The van der Waals surface area contributed by atoms with E-state index in [1.165, 1.54) is 11.8 Å². The molecule has 0 aromatic heterocycles. The van der Waals surface area contributed by atoms with Crippen LogP contribution in [0.2, 0.25) is 5.02 Å². The number of nitrogens with zero attached hydrogens (tertiary/aromatic N) is 1. The number of hydrogen-bond acceptors (Lipinski definition) is 3. The van der Waals surface area contributed by atoms with Crippen molar-refractivity contribution in [3.05, 3.63) is 82.1 Å². The number of ketones is 1. The van der Waals surface area contributed by atoms with E-state index in [9.17, 15) is 9.90 Å². The molecule has 0 bridgehead atoms. The lowest BCUT2D eigenvalue weighted by atomic mass is 9.83. The largest absolute Gasteiger partial charge is 0.511 e. The molecule has 3 nitrogen and oxygen atoms in total. The lowest BCUT2D eigenvalue weighted by Crippen LogP contribution is -2.19. The number of Topliss-reactive ketones (excluding diaryl/α,β-unsaturated/α-hetero) is 1. The van der Waals surface area contributed by atoms with Crippen molar-refractivity contribution in [2.45, 2.75) is 25.2 Å². The van der Waals surface area contributed by atoms with Crippen LogP contribution < -0.4 is 0 Å². The number of benzene rings is 2. The van der Waals surface area contributed by atoms with Crippen molar-refractivity contribution in [2.24, 2.45) is 4.99 Å². The van der Waals surface area contributed by atoms with E-state index in [0.29, 0.717) is 30.0 Å². The predicted octanol–water partition coefficient (Wildman–Crippen LogP) is 4.91. The van der Waals surface area contributed by atoms with Gasteiger partial charge in [-0.1, -0.05) is 54.1 Å². The number of aliphatic imine (C=N–C) groups is 1. The summed E-state index contributed by atoms with van der Waals surface area (Å²) in [5.74, 6) is 0.0538. The molecule has 0 saturated carbocycles. The number of carbonyl (C=O) groups excluding carboxylic acids is 1. The Bertz CT molecular complexity index is 794. The van der Waals surface area contributed by atoms with Crippen LogP contribution in [0, 0.1) is 0 Å². The summed E-state index contributed by atoms with van der Waals surface area (Å²) in [6.45, 7) is 0.592. The third-order valence-corrected chi connectivity index (χ3v) is 4.67. The summed E-state index contributed by atoms with van der Waals surface area (Å²) in [6.07, 6.45) is 3.17. The number of aliphatic hydroxyl groups is 1. The normalized spacial score (nSPS) is 18.1. The molecule has 1 unspecified atom stereocenters. The molecular weight excluding hydrogens is 334 g/mol. The molecule has 1 aliphatic carbocycles. The Morgan fingerprint density at radius 1 is 1.08 bits per heavy atom. The second kappa shape index (κ2) is 8.13. The van der Waals surface area contributed by atoms with Gasteiger partial charge in [-0.25, -0.2) is 0 Å². The first kappa shape index (κ1) is 17.4. The first-order valence-electron chi connectivity index (χ1n) is 8.38. The van der Waals surface area contributed by atoms with Gasteiger partial charge in [0.25, 0.3) is 0 Å². The highest BCUT2D eigenvalue weighted by Crippen LogP contribution is 2.33. The van der Waals surface area contributed by atoms with Crippen LogP contribution in [0.5, 0.6) is 0 Å². The molecular formula is C21H20ClNO2. The Morgan fingerprint density at radius 3 is 2.48 bits per heavy atom. The second-order valence-corrected chi connectivity index (χ2v) is 6.65. The van der Waals surface area contributed by atoms with Gasteiger partial charge in [0.15, 0.2) is 5.78 Å². The van der Waals surface area contributed by atoms with Gasteiger partial charge in [0, 0.05) is 30.6 Å². The van der Waals surface area contributed by atoms with Crippen molar-refractivity contribution in [1.29, 1.82) is 0 Å². The number of halogens is 1. The van der Waals surface area contributed by atoms with Crippen LogP contribution in [0.25, 0.3) is 0 Å². The maximum absolute atomic E-state index is 12.4. The van der Waals surface area contributed by atoms with Gasteiger partial charge in [-0.2, -0.15) is 0 Å². The van der Waals surface area contributed by atoms with E-state index in [4.69, 9.17) is 11.6 Å². The second-order valence-electron chi connectivity index (χ2n) is 6.21. The predicted molar refractivity (Wildman–Crippen MR) is 102 cm³/mol. The van der Waals surface area contributed by atoms with E-state index < -0.39 is 0 Å². The van der Waals surface area contributed by atoms with Crippen molar-refractivity contribution in [3.63, 3.8) is 0 Å². The van der Waals surface area contributed by atoms with E-state index in [1.54, 1.807) is 0 Å². The molecule has 2 aromatic rings. The number of hydrogen-bond donors (Lipinski definition) is 1. The fourth-order valence-electron chi connectivity index (χ4n) is 3.02. The van der Waals surface area contributed by atoms with E-state index in [-0.39, 0.29) is 17.5 Å². The highest BCUT2D eigenvalue weighted by Gasteiger charge is 2.27. The molecule has 1 aliphatic rings. The smallest absolute Gasteiger partial charge is 0.168 e. The highest BCUT2D eigenvalue weighted by molar-refractivity contribution is 6.30. The molecule has 1 atom stereocenters. The van der Waals surface area contributed by atoms with Crippen molar-refractivity contribution in [1.82, 2.24) is 0 Å². The summed E-state index contributed by atoms with van der Waals surface area (Å²) in [5.41, 5.74) is 2.57. The molecule has 4 heteroatoms. The first-order chi connectivity index (χ1) is 12.1. The summed E-state index contributed by atoms with van der Waals surface area (Å²) in [7, 11) is 0. The summed E-state index contributed by atoms with van der Waals surface area (Å²) in [4.78, 5) is 16.7. The van der Waals surface area contributed by atoms with Gasteiger partial charge >= 0.3 is 0 Å². The fourth-order valence-corrected chi connectivity index (χ4v) is 3.15. The van der Waals surface area contributed by atoms with Crippen LogP contribution in [0.3, 0.4) is 0 Å². The van der Waals surface area contributed by atoms with E-state index in [2.05, 4.69) is 17.1 Å². The molecule has 0 saturated heterocycles. The van der Waals surface area contributed by atoms with Crippen LogP contribution in [0.15, 0.2) is 70.9 Å². The summed E-state index contributed by atoms with van der Waals surface area (Å²) < 4.78 is 0. The Balaban J connectivity index is 1.63. The molecule has 3 rings (SSSR count). The summed E-state index contributed by atoms with van der Waals surface area (Å²) >= 11 is 5.90. The summed E-state index contributed by atoms with van der Waals surface area (Å²) in [6, 6.07) is 17.5. The van der Waals surface area contributed by atoms with Gasteiger partial charge in [0.1, 0.15) is 5.76 Å².